The number of hydrogen-bond donors (Lipinski definition) is 1. The summed E-state index contributed by atoms with van der Waals surface area (Å²) in [5, 5.41) is 3.54. The van der Waals surface area contributed by atoms with Crippen LogP contribution in [0.2, 0.25) is 10.0 Å². The summed E-state index contributed by atoms with van der Waals surface area (Å²) < 4.78 is 0. The Morgan fingerprint density at radius 3 is 2.46 bits per heavy atom. The van der Waals surface area contributed by atoms with Crippen LogP contribution in [0, 0.1) is 0 Å². The number of carbonyl (C=O) groups is 2. The molecule has 4 nitrogen and oxygen atoms in total. The second-order valence-corrected chi connectivity index (χ2v) is 6.46. The average molecular weight is 363 g/mol. The maximum absolute atomic E-state index is 12.8. The highest BCUT2D eigenvalue weighted by molar-refractivity contribution is 6.38. The third-order valence-corrected chi connectivity index (χ3v) is 4.64. The minimum absolute atomic E-state index is 0.217. The van der Waals surface area contributed by atoms with Crippen LogP contribution in [0.3, 0.4) is 0 Å². The van der Waals surface area contributed by atoms with E-state index in [0.717, 1.165) is 5.56 Å². The molecule has 0 bridgehead atoms. The lowest BCUT2D eigenvalue weighted by Crippen LogP contribution is -2.37. The van der Waals surface area contributed by atoms with Crippen LogP contribution in [0.15, 0.2) is 42.5 Å². The Bertz CT molecular complexity index is 793. The highest BCUT2D eigenvalue weighted by atomic mass is 35.5. The molecule has 3 rings (SSSR count). The largest absolute Gasteiger partial charge is 0.341 e. The molecule has 2 aromatic carbocycles. The zero-order valence-corrected chi connectivity index (χ0v) is 14.6. The van der Waals surface area contributed by atoms with E-state index < -0.39 is 6.04 Å². The van der Waals surface area contributed by atoms with E-state index in [4.69, 9.17) is 23.2 Å². The summed E-state index contributed by atoms with van der Waals surface area (Å²) >= 11 is 12.6. The van der Waals surface area contributed by atoms with Gasteiger partial charge in [-0.15, -0.1) is 0 Å². The summed E-state index contributed by atoms with van der Waals surface area (Å²) in [6, 6.07) is 12.4. The number of benzene rings is 2. The van der Waals surface area contributed by atoms with E-state index >= 15 is 0 Å². The SMILES string of the molecule is CC(=O)N[C@H]1C(=O)N(CCc2ccccc2)c2c(Cl)ccc(Cl)c21. The standard InChI is InChI=1S/C18H16Cl2N2O2/c1-11(23)21-16-15-13(19)7-8-14(20)17(15)22(18(16)24)10-9-12-5-3-2-4-6-12/h2-8,16H,9-10H2,1H3,(H,21,23)/t16-/m1/s1. The van der Waals surface area contributed by atoms with Gasteiger partial charge in [0.1, 0.15) is 6.04 Å². The minimum atomic E-state index is -0.792. The van der Waals surface area contributed by atoms with E-state index in [1.165, 1.54) is 6.92 Å². The first-order valence-electron chi connectivity index (χ1n) is 7.59. The highest BCUT2D eigenvalue weighted by Gasteiger charge is 2.40. The van der Waals surface area contributed by atoms with Crippen LogP contribution in [0.1, 0.15) is 24.1 Å². The van der Waals surface area contributed by atoms with Gasteiger partial charge in [-0.05, 0) is 24.1 Å². The van der Waals surface area contributed by atoms with Crippen molar-refractivity contribution in [2.45, 2.75) is 19.4 Å². The van der Waals surface area contributed by atoms with E-state index in [2.05, 4.69) is 5.32 Å². The zero-order valence-electron chi connectivity index (χ0n) is 13.1. The fraction of sp³-hybridized carbons (Fsp3) is 0.222. The van der Waals surface area contributed by atoms with Gasteiger partial charge in [0, 0.05) is 24.1 Å². The van der Waals surface area contributed by atoms with Crippen molar-refractivity contribution in [2.75, 3.05) is 11.4 Å². The first kappa shape index (κ1) is 16.8. The fourth-order valence-electron chi connectivity index (χ4n) is 2.94. The van der Waals surface area contributed by atoms with E-state index in [-0.39, 0.29) is 11.8 Å². The summed E-state index contributed by atoms with van der Waals surface area (Å²) in [7, 11) is 0. The molecule has 1 aliphatic rings. The minimum Gasteiger partial charge on any atom is -0.341 e. The van der Waals surface area contributed by atoms with Gasteiger partial charge in [-0.2, -0.15) is 0 Å². The normalized spacial score (nSPS) is 16.2. The molecular weight excluding hydrogens is 347 g/mol. The van der Waals surface area contributed by atoms with Crippen LogP contribution in [-0.4, -0.2) is 18.4 Å². The number of rotatable bonds is 4. The topological polar surface area (TPSA) is 49.4 Å². The molecule has 6 heteroatoms. The summed E-state index contributed by atoms with van der Waals surface area (Å²) in [6.45, 7) is 1.84. The number of nitrogens with one attached hydrogen (secondary N) is 1. The van der Waals surface area contributed by atoms with Crippen LogP contribution >= 0.6 is 23.2 Å². The summed E-state index contributed by atoms with van der Waals surface area (Å²) in [5.41, 5.74) is 2.27. The van der Waals surface area contributed by atoms with Gasteiger partial charge >= 0.3 is 0 Å². The van der Waals surface area contributed by atoms with Gasteiger partial charge in [-0.25, -0.2) is 0 Å². The molecule has 2 amide bonds. The van der Waals surface area contributed by atoms with Gasteiger partial charge in [-0.3, -0.25) is 9.59 Å². The zero-order chi connectivity index (χ0) is 17.3. The average Bonchev–Trinajstić information content (AvgIpc) is 2.83. The smallest absolute Gasteiger partial charge is 0.254 e. The quantitative estimate of drug-likeness (QED) is 0.899. The van der Waals surface area contributed by atoms with Gasteiger partial charge in [0.2, 0.25) is 5.91 Å². The van der Waals surface area contributed by atoms with Crippen molar-refractivity contribution in [3.8, 4) is 0 Å². The number of nitrogens with zero attached hydrogens (tertiary/aromatic N) is 1. The Labute approximate surface area is 150 Å². The van der Waals surface area contributed by atoms with Gasteiger partial charge in [0.25, 0.3) is 5.91 Å². The lowest BCUT2D eigenvalue weighted by Gasteiger charge is -2.19. The molecule has 1 N–H and O–H groups in total. The fourth-order valence-corrected chi connectivity index (χ4v) is 3.47. The molecular formula is C18H16Cl2N2O2. The molecule has 0 spiro atoms. The lowest BCUT2D eigenvalue weighted by molar-refractivity contribution is -0.126. The number of halogens is 2. The third-order valence-electron chi connectivity index (χ3n) is 4.00. The monoisotopic (exact) mass is 362 g/mol. The van der Waals surface area contributed by atoms with E-state index in [9.17, 15) is 9.59 Å². The van der Waals surface area contributed by atoms with Gasteiger partial charge in [-0.1, -0.05) is 53.5 Å². The first-order valence-corrected chi connectivity index (χ1v) is 8.35. The van der Waals surface area contributed by atoms with Crippen molar-refractivity contribution in [1.29, 1.82) is 0 Å². The Morgan fingerprint density at radius 2 is 1.79 bits per heavy atom. The molecule has 0 aromatic heterocycles. The molecule has 124 valence electrons. The molecule has 24 heavy (non-hydrogen) atoms. The van der Waals surface area contributed by atoms with Crippen molar-refractivity contribution < 1.29 is 9.59 Å². The van der Waals surface area contributed by atoms with Crippen LogP contribution < -0.4 is 10.2 Å². The number of hydrogen-bond acceptors (Lipinski definition) is 2. The molecule has 1 atom stereocenters. The highest BCUT2D eigenvalue weighted by Crippen LogP contribution is 2.44. The van der Waals surface area contributed by atoms with Gasteiger partial charge in [0.15, 0.2) is 0 Å². The number of carbonyl (C=O) groups excluding carboxylic acids is 2. The Hall–Kier alpha value is -2.04. The Morgan fingerprint density at radius 1 is 1.12 bits per heavy atom. The second kappa shape index (κ2) is 6.83. The number of fused-ring (bicyclic) bond motifs is 1. The predicted octanol–water partition coefficient (Wildman–Crippen LogP) is 3.76. The van der Waals surface area contributed by atoms with Gasteiger partial charge < -0.3 is 10.2 Å². The van der Waals surface area contributed by atoms with Crippen molar-refractivity contribution >= 4 is 40.7 Å². The van der Waals surface area contributed by atoms with Crippen molar-refractivity contribution in [3.05, 3.63) is 63.6 Å². The second-order valence-electron chi connectivity index (χ2n) is 5.65. The summed E-state index contributed by atoms with van der Waals surface area (Å²) in [4.78, 5) is 25.9. The molecule has 0 aliphatic carbocycles. The Balaban J connectivity index is 1.94. The molecule has 1 heterocycles. The molecule has 0 radical (unpaired) electrons. The molecule has 1 aliphatic heterocycles. The molecule has 2 aromatic rings. The van der Waals surface area contributed by atoms with Crippen molar-refractivity contribution in [3.63, 3.8) is 0 Å². The number of anilines is 1. The maximum atomic E-state index is 12.8. The predicted molar refractivity (Wildman–Crippen MR) is 95.5 cm³/mol. The molecule has 0 saturated heterocycles. The van der Waals surface area contributed by atoms with Crippen molar-refractivity contribution in [1.82, 2.24) is 5.32 Å². The van der Waals surface area contributed by atoms with E-state index in [0.29, 0.717) is 34.3 Å². The van der Waals surface area contributed by atoms with Gasteiger partial charge in [0.05, 0.1) is 10.7 Å². The molecule has 0 fully saturated rings. The molecule has 0 unspecified atom stereocenters. The lowest BCUT2D eigenvalue weighted by atomic mass is 10.1. The summed E-state index contributed by atoms with van der Waals surface area (Å²) in [5.74, 6) is -0.508. The maximum Gasteiger partial charge on any atom is 0.254 e. The van der Waals surface area contributed by atoms with Crippen molar-refractivity contribution in [2.24, 2.45) is 0 Å². The van der Waals surface area contributed by atoms with Crippen LogP contribution in [0.5, 0.6) is 0 Å². The number of amides is 2. The van der Waals surface area contributed by atoms with Crippen LogP contribution in [0.25, 0.3) is 0 Å². The molecule has 0 saturated carbocycles. The first-order chi connectivity index (χ1) is 11.5. The Kier molecular flexibility index (Phi) is 4.78. The van der Waals surface area contributed by atoms with Crippen LogP contribution in [0.4, 0.5) is 5.69 Å². The van der Waals surface area contributed by atoms with E-state index in [1.54, 1.807) is 17.0 Å². The van der Waals surface area contributed by atoms with E-state index in [1.807, 2.05) is 30.3 Å². The summed E-state index contributed by atoms with van der Waals surface area (Å²) in [6.07, 6.45) is 0.682. The van der Waals surface area contributed by atoms with Crippen LogP contribution in [-0.2, 0) is 16.0 Å². The third kappa shape index (κ3) is 3.12.